The first-order chi connectivity index (χ1) is 12.0. The number of carbonyl (C=O) groups excluding carboxylic acids is 1. The Kier molecular flexibility index (Phi) is 4.83. The lowest BCUT2D eigenvalue weighted by atomic mass is 10.0. The average molecular weight is 338 g/mol. The van der Waals surface area contributed by atoms with Crippen molar-refractivity contribution in [3.05, 3.63) is 74.8 Å². The third kappa shape index (κ3) is 3.71. The molecule has 1 aliphatic carbocycles. The number of nitro benzene ring substituents is 1. The number of nitro groups is 1. The average Bonchev–Trinajstić information content (AvgIpc) is 3.08. The molecule has 5 heteroatoms. The van der Waals surface area contributed by atoms with E-state index in [-0.39, 0.29) is 17.6 Å². The molecular formula is C20H22N2O3. The summed E-state index contributed by atoms with van der Waals surface area (Å²) in [6, 6.07) is 12.6. The monoisotopic (exact) mass is 338 g/mol. The Morgan fingerprint density at radius 3 is 2.72 bits per heavy atom. The van der Waals surface area contributed by atoms with Crippen LogP contribution < -0.4 is 0 Å². The molecule has 0 aromatic heterocycles. The van der Waals surface area contributed by atoms with Crippen LogP contribution in [0.15, 0.2) is 42.5 Å². The first kappa shape index (κ1) is 17.1. The lowest BCUT2D eigenvalue weighted by Gasteiger charge is -2.25. The fourth-order valence-electron chi connectivity index (χ4n) is 3.37. The fourth-order valence-corrected chi connectivity index (χ4v) is 3.37. The van der Waals surface area contributed by atoms with Crippen molar-refractivity contribution in [2.45, 2.75) is 38.6 Å². The predicted molar refractivity (Wildman–Crippen MR) is 96.5 cm³/mol. The van der Waals surface area contributed by atoms with E-state index < -0.39 is 4.92 Å². The van der Waals surface area contributed by atoms with Crippen LogP contribution in [0.5, 0.6) is 0 Å². The highest BCUT2D eigenvalue weighted by Gasteiger charge is 2.20. The topological polar surface area (TPSA) is 63.5 Å². The number of amides is 1. The molecule has 2 aromatic rings. The highest BCUT2D eigenvalue weighted by atomic mass is 16.6. The minimum Gasteiger partial charge on any atom is -0.339 e. The van der Waals surface area contributed by atoms with Crippen LogP contribution in [-0.4, -0.2) is 22.8 Å². The molecule has 0 heterocycles. The zero-order valence-corrected chi connectivity index (χ0v) is 14.6. The van der Waals surface area contributed by atoms with E-state index in [4.69, 9.17) is 0 Å². The van der Waals surface area contributed by atoms with Crippen molar-refractivity contribution in [3.8, 4) is 0 Å². The molecule has 2 aromatic carbocycles. The van der Waals surface area contributed by atoms with Gasteiger partial charge in [0, 0.05) is 19.2 Å². The van der Waals surface area contributed by atoms with Gasteiger partial charge in [-0.05, 0) is 48.4 Å². The van der Waals surface area contributed by atoms with E-state index in [1.54, 1.807) is 18.0 Å². The van der Waals surface area contributed by atoms with Gasteiger partial charge in [-0.15, -0.1) is 0 Å². The summed E-state index contributed by atoms with van der Waals surface area (Å²) in [4.78, 5) is 24.8. The summed E-state index contributed by atoms with van der Waals surface area (Å²) in [7, 11) is 1.75. The molecule has 5 nitrogen and oxygen atoms in total. The van der Waals surface area contributed by atoms with E-state index >= 15 is 0 Å². The van der Waals surface area contributed by atoms with Crippen LogP contribution in [0.4, 0.5) is 5.69 Å². The van der Waals surface area contributed by atoms with Crippen LogP contribution in [-0.2, 0) is 24.1 Å². The Labute approximate surface area is 147 Å². The Morgan fingerprint density at radius 2 is 1.96 bits per heavy atom. The van der Waals surface area contributed by atoms with Gasteiger partial charge in [-0.1, -0.05) is 30.3 Å². The van der Waals surface area contributed by atoms with Crippen molar-refractivity contribution in [2.75, 3.05) is 7.05 Å². The molecule has 0 spiro atoms. The summed E-state index contributed by atoms with van der Waals surface area (Å²) in [5, 5.41) is 10.9. The third-order valence-corrected chi connectivity index (χ3v) is 5.06. The number of rotatable bonds is 5. The van der Waals surface area contributed by atoms with E-state index in [1.165, 1.54) is 29.7 Å². The lowest BCUT2D eigenvalue weighted by Crippen LogP contribution is -2.31. The largest absolute Gasteiger partial charge is 0.339 e. The van der Waals surface area contributed by atoms with Gasteiger partial charge in [0.1, 0.15) is 0 Å². The standard InChI is InChI=1S/C20H22N2O3/c1-14(17-6-4-8-19(13-17)22(24)25)21(2)20(23)12-15-9-10-16-5-3-7-18(16)11-15/h4,6,8-11,13-14H,3,5,7,12H2,1-2H3/t14-/m1/s1. The molecule has 0 saturated heterocycles. The Morgan fingerprint density at radius 1 is 1.20 bits per heavy atom. The maximum atomic E-state index is 12.6. The van der Waals surface area contributed by atoms with Crippen LogP contribution in [0.25, 0.3) is 0 Å². The molecule has 0 fully saturated rings. The van der Waals surface area contributed by atoms with Crippen molar-refractivity contribution in [3.63, 3.8) is 0 Å². The smallest absolute Gasteiger partial charge is 0.269 e. The normalized spacial score (nSPS) is 14.0. The van der Waals surface area contributed by atoms with Crippen molar-refractivity contribution >= 4 is 11.6 Å². The quantitative estimate of drug-likeness (QED) is 0.614. The maximum absolute atomic E-state index is 12.6. The van der Waals surface area contributed by atoms with Gasteiger partial charge in [-0.25, -0.2) is 0 Å². The fraction of sp³-hybridized carbons (Fsp3) is 0.350. The number of hydrogen-bond acceptors (Lipinski definition) is 3. The van der Waals surface area contributed by atoms with E-state index in [0.29, 0.717) is 6.42 Å². The molecule has 0 N–H and O–H groups in total. The van der Waals surface area contributed by atoms with Gasteiger partial charge in [0.2, 0.25) is 5.91 Å². The summed E-state index contributed by atoms with van der Waals surface area (Å²) < 4.78 is 0. The van der Waals surface area contributed by atoms with Crippen molar-refractivity contribution < 1.29 is 9.72 Å². The van der Waals surface area contributed by atoms with Crippen LogP contribution in [0.3, 0.4) is 0 Å². The molecular weight excluding hydrogens is 316 g/mol. The molecule has 0 saturated carbocycles. The third-order valence-electron chi connectivity index (χ3n) is 5.06. The minimum absolute atomic E-state index is 0.0111. The first-order valence-corrected chi connectivity index (χ1v) is 8.56. The SMILES string of the molecule is C[C@H](c1cccc([N+](=O)[O-])c1)N(C)C(=O)Cc1ccc2c(c1)CCC2. The van der Waals surface area contributed by atoms with Crippen LogP contribution in [0.1, 0.15) is 41.6 Å². The maximum Gasteiger partial charge on any atom is 0.269 e. The number of nitrogens with zero attached hydrogens (tertiary/aromatic N) is 2. The van der Waals surface area contributed by atoms with Gasteiger partial charge < -0.3 is 4.90 Å². The van der Waals surface area contributed by atoms with Crippen molar-refractivity contribution in [1.29, 1.82) is 0 Å². The van der Waals surface area contributed by atoms with Gasteiger partial charge in [0.25, 0.3) is 5.69 Å². The molecule has 0 radical (unpaired) electrons. The number of aryl methyl sites for hydroxylation is 2. The molecule has 1 atom stereocenters. The van der Waals surface area contributed by atoms with Crippen LogP contribution in [0.2, 0.25) is 0 Å². The summed E-state index contributed by atoms with van der Waals surface area (Å²) in [6.45, 7) is 1.89. The second-order valence-corrected chi connectivity index (χ2v) is 6.67. The Hall–Kier alpha value is -2.69. The molecule has 130 valence electrons. The zero-order chi connectivity index (χ0) is 18.0. The van der Waals surface area contributed by atoms with E-state index in [2.05, 4.69) is 12.1 Å². The number of carbonyl (C=O) groups is 1. The number of non-ortho nitro benzene ring substituents is 1. The van der Waals surface area contributed by atoms with Crippen LogP contribution in [0, 0.1) is 10.1 Å². The molecule has 3 rings (SSSR count). The first-order valence-electron chi connectivity index (χ1n) is 8.56. The molecule has 0 unspecified atom stereocenters. The molecule has 1 amide bonds. The van der Waals surface area contributed by atoms with Gasteiger partial charge in [0.05, 0.1) is 17.4 Å². The lowest BCUT2D eigenvalue weighted by molar-refractivity contribution is -0.384. The molecule has 1 aliphatic rings. The number of fused-ring (bicyclic) bond motifs is 1. The summed E-state index contributed by atoms with van der Waals surface area (Å²) in [5.41, 5.74) is 4.60. The van der Waals surface area contributed by atoms with Crippen molar-refractivity contribution in [1.82, 2.24) is 4.90 Å². The summed E-state index contributed by atoms with van der Waals surface area (Å²) in [6.07, 6.45) is 3.77. The number of hydrogen-bond donors (Lipinski definition) is 0. The second-order valence-electron chi connectivity index (χ2n) is 6.67. The Bertz CT molecular complexity index is 816. The van der Waals surface area contributed by atoms with E-state index in [1.807, 2.05) is 19.1 Å². The van der Waals surface area contributed by atoms with Gasteiger partial charge >= 0.3 is 0 Å². The second kappa shape index (κ2) is 7.05. The van der Waals surface area contributed by atoms with E-state index in [0.717, 1.165) is 24.0 Å². The van der Waals surface area contributed by atoms with Crippen LogP contribution >= 0.6 is 0 Å². The molecule has 0 bridgehead atoms. The number of benzene rings is 2. The van der Waals surface area contributed by atoms with Crippen molar-refractivity contribution in [2.24, 2.45) is 0 Å². The van der Waals surface area contributed by atoms with Gasteiger partial charge in [-0.3, -0.25) is 14.9 Å². The summed E-state index contributed by atoms with van der Waals surface area (Å²) in [5.74, 6) is 0.0111. The predicted octanol–water partition coefficient (Wildman–Crippen LogP) is 3.85. The molecule has 0 aliphatic heterocycles. The summed E-state index contributed by atoms with van der Waals surface area (Å²) >= 11 is 0. The zero-order valence-electron chi connectivity index (χ0n) is 14.6. The molecule has 25 heavy (non-hydrogen) atoms. The number of likely N-dealkylation sites (N-methyl/N-ethyl adjacent to an activating group) is 1. The highest BCUT2D eigenvalue weighted by Crippen LogP contribution is 2.25. The minimum atomic E-state index is -0.414. The highest BCUT2D eigenvalue weighted by molar-refractivity contribution is 5.79. The Balaban J connectivity index is 1.71. The van der Waals surface area contributed by atoms with Gasteiger partial charge in [0.15, 0.2) is 0 Å². The van der Waals surface area contributed by atoms with Gasteiger partial charge in [-0.2, -0.15) is 0 Å². The van der Waals surface area contributed by atoms with E-state index in [9.17, 15) is 14.9 Å².